The predicted molar refractivity (Wildman–Crippen MR) is 80.0 cm³/mol. The first-order valence-corrected chi connectivity index (χ1v) is 7.96. The molecule has 0 bridgehead atoms. The van der Waals surface area contributed by atoms with Crippen LogP contribution in [-0.4, -0.2) is 16.1 Å². The molecule has 0 amide bonds. The molecule has 3 heteroatoms. The molecule has 1 aromatic rings. The largest absolute Gasteiger partial charge is 0.337 e. The first kappa shape index (κ1) is 14.6. The number of hydrogen-bond donors (Lipinski definition) is 1. The Balaban J connectivity index is 2.10. The maximum absolute atomic E-state index is 4.60. The Bertz CT molecular complexity index is 372. The molecule has 0 radical (unpaired) electrons. The van der Waals surface area contributed by atoms with Crippen LogP contribution in [0.4, 0.5) is 0 Å². The molecule has 0 saturated heterocycles. The van der Waals surface area contributed by atoms with Gasteiger partial charge in [0, 0.05) is 19.4 Å². The second-order valence-electron chi connectivity index (χ2n) is 6.03. The van der Waals surface area contributed by atoms with Gasteiger partial charge in [0.2, 0.25) is 0 Å². The molecule has 0 spiro atoms. The van der Waals surface area contributed by atoms with Crippen molar-refractivity contribution >= 4 is 0 Å². The highest BCUT2D eigenvalue weighted by Gasteiger charge is 2.30. The van der Waals surface area contributed by atoms with Crippen molar-refractivity contribution in [2.45, 2.75) is 58.4 Å². The third kappa shape index (κ3) is 3.59. The lowest BCUT2D eigenvalue weighted by atomic mass is 9.76. The Labute approximate surface area is 117 Å². The molecule has 1 aliphatic carbocycles. The van der Waals surface area contributed by atoms with Crippen LogP contribution in [0.3, 0.4) is 0 Å². The van der Waals surface area contributed by atoms with Gasteiger partial charge >= 0.3 is 0 Å². The normalized spacial score (nSPS) is 25.4. The first-order valence-electron chi connectivity index (χ1n) is 7.96. The lowest BCUT2D eigenvalue weighted by molar-refractivity contribution is 0.202. The van der Waals surface area contributed by atoms with Crippen molar-refractivity contribution in [3.05, 3.63) is 18.2 Å². The fourth-order valence-electron chi connectivity index (χ4n) is 3.45. The van der Waals surface area contributed by atoms with E-state index in [1.165, 1.54) is 44.3 Å². The summed E-state index contributed by atoms with van der Waals surface area (Å²) in [5.74, 6) is 2.89. The van der Waals surface area contributed by atoms with Crippen molar-refractivity contribution in [1.29, 1.82) is 0 Å². The van der Waals surface area contributed by atoms with Gasteiger partial charge in [-0.25, -0.2) is 4.98 Å². The summed E-state index contributed by atoms with van der Waals surface area (Å²) in [6.07, 6.45) is 12.0. The van der Waals surface area contributed by atoms with E-state index in [1.807, 2.05) is 6.20 Å². The molecule has 2 rings (SSSR count). The quantitative estimate of drug-likeness (QED) is 0.848. The third-order valence-electron chi connectivity index (χ3n) is 4.62. The van der Waals surface area contributed by atoms with Crippen LogP contribution in [-0.2, 0) is 7.05 Å². The molecule has 1 aromatic heterocycles. The lowest BCUT2D eigenvalue weighted by Crippen LogP contribution is -2.33. The van der Waals surface area contributed by atoms with Crippen molar-refractivity contribution < 1.29 is 0 Å². The molecule has 1 N–H and O–H groups in total. The Hall–Kier alpha value is -0.830. The molecule has 1 saturated carbocycles. The van der Waals surface area contributed by atoms with Gasteiger partial charge in [-0.05, 0) is 37.6 Å². The minimum Gasteiger partial charge on any atom is -0.337 e. The maximum atomic E-state index is 4.60. The highest BCUT2D eigenvalue weighted by molar-refractivity contribution is 5.02. The fraction of sp³-hybridized carbons (Fsp3) is 0.812. The van der Waals surface area contributed by atoms with Crippen LogP contribution in [0.25, 0.3) is 0 Å². The molecule has 1 heterocycles. The SMILES string of the molecule is CCCNC(c1nccn1C)C1CCCC(CC)C1. The van der Waals surface area contributed by atoms with E-state index in [0.29, 0.717) is 6.04 Å². The minimum absolute atomic E-state index is 0.439. The number of nitrogens with one attached hydrogen (secondary N) is 1. The van der Waals surface area contributed by atoms with E-state index in [2.05, 4.69) is 42.0 Å². The average molecular weight is 263 g/mol. The Morgan fingerprint density at radius 1 is 1.42 bits per heavy atom. The maximum Gasteiger partial charge on any atom is 0.125 e. The summed E-state index contributed by atoms with van der Waals surface area (Å²) >= 11 is 0. The van der Waals surface area contributed by atoms with Gasteiger partial charge in [0.25, 0.3) is 0 Å². The predicted octanol–water partition coefficient (Wildman–Crippen LogP) is 3.68. The molecule has 108 valence electrons. The van der Waals surface area contributed by atoms with Gasteiger partial charge in [0.15, 0.2) is 0 Å². The Morgan fingerprint density at radius 3 is 2.89 bits per heavy atom. The highest BCUT2D eigenvalue weighted by atomic mass is 15.1. The molecule has 0 aliphatic heterocycles. The van der Waals surface area contributed by atoms with E-state index in [0.717, 1.165) is 18.4 Å². The Kier molecular flexibility index (Phi) is 5.44. The molecule has 3 unspecified atom stereocenters. The summed E-state index contributed by atoms with van der Waals surface area (Å²) in [7, 11) is 2.11. The highest BCUT2D eigenvalue weighted by Crippen LogP contribution is 2.37. The monoisotopic (exact) mass is 263 g/mol. The zero-order chi connectivity index (χ0) is 13.7. The van der Waals surface area contributed by atoms with Crippen LogP contribution in [0.5, 0.6) is 0 Å². The summed E-state index contributed by atoms with van der Waals surface area (Å²) < 4.78 is 2.18. The molecule has 3 nitrogen and oxygen atoms in total. The molecule has 3 atom stereocenters. The minimum atomic E-state index is 0.439. The second kappa shape index (κ2) is 7.09. The lowest BCUT2D eigenvalue weighted by Gasteiger charge is -2.34. The van der Waals surface area contributed by atoms with Crippen molar-refractivity contribution in [2.75, 3.05) is 6.54 Å². The molecular formula is C16H29N3. The van der Waals surface area contributed by atoms with Crippen molar-refractivity contribution in [3.8, 4) is 0 Å². The van der Waals surface area contributed by atoms with Gasteiger partial charge in [-0.1, -0.05) is 33.1 Å². The zero-order valence-corrected chi connectivity index (χ0v) is 12.7. The van der Waals surface area contributed by atoms with E-state index >= 15 is 0 Å². The van der Waals surface area contributed by atoms with Gasteiger partial charge < -0.3 is 9.88 Å². The number of imidazole rings is 1. The summed E-state index contributed by atoms with van der Waals surface area (Å²) in [5.41, 5.74) is 0. The summed E-state index contributed by atoms with van der Waals surface area (Å²) in [6, 6.07) is 0.439. The van der Waals surface area contributed by atoms with Gasteiger partial charge in [-0.3, -0.25) is 0 Å². The van der Waals surface area contributed by atoms with E-state index in [1.54, 1.807) is 0 Å². The van der Waals surface area contributed by atoms with Gasteiger partial charge in [0.05, 0.1) is 6.04 Å². The van der Waals surface area contributed by atoms with Crippen molar-refractivity contribution in [3.63, 3.8) is 0 Å². The summed E-state index contributed by atoms with van der Waals surface area (Å²) in [5, 5.41) is 3.74. The molecule has 0 aromatic carbocycles. The Morgan fingerprint density at radius 2 is 2.26 bits per heavy atom. The fourth-order valence-corrected chi connectivity index (χ4v) is 3.45. The summed E-state index contributed by atoms with van der Waals surface area (Å²) in [4.78, 5) is 4.60. The average Bonchev–Trinajstić information content (AvgIpc) is 2.86. The molecular weight excluding hydrogens is 234 g/mol. The van der Waals surface area contributed by atoms with Crippen molar-refractivity contribution in [1.82, 2.24) is 14.9 Å². The van der Waals surface area contributed by atoms with Crippen LogP contribution in [0.1, 0.15) is 64.2 Å². The van der Waals surface area contributed by atoms with Gasteiger partial charge in [-0.15, -0.1) is 0 Å². The van der Waals surface area contributed by atoms with Crippen LogP contribution < -0.4 is 5.32 Å². The summed E-state index contributed by atoms with van der Waals surface area (Å²) in [6.45, 7) is 5.66. The number of rotatable bonds is 6. The molecule has 19 heavy (non-hydrogen) atoms. The van der Waals surface area contributed by atoms with Gasteiger partial charge in [0.1, 0.15) is 5.82 Å². The van der Waals surface area contributed by atoms with Crippen LogP contribution in [0.2, 0.25) is 0 Å². The molecule has 1 fully saturated rings. The number of aromatic nitrogens is 2. The van der Waals surface area contributed by atoms with E-state index in [-0.39, 0.29) is 0 Å². The number of nitrogens with zero attached hydrogens (tertiary/aromatic N) is 2. The third-order valence-corrected chi connectivity index (χ3v) is 4.62. The zero-order valence-electron chi connectivity index (χ0n) is 12.7. The topological polar surface area (TPSA) is 29.9 Å². The first-order chi connectivity index (χ1) is 9.26. The van der Waals surface area contributed by atoms with Crippen LogP contribution >= 0.6 is 0 Å². The van der Waals surface area contributed by atoms with Crippen molar-refractivity contribution in [2.24, 2.45) is 18.9 Å². The second-order valence-corrected chi connectivity index (χ2v) is 6.03. The van der Waals surface area contributed by atoms with Crippen LogP contribution in [0.15, 0.2) is 12.4 Å². The van der Waals surface area contributed by atoms with Gasteiger partial charge in [-0.2, -0.15) is 0 Å². The van der Waals surface area contributed by atoms with E-state index in [4.69, 9.17) is 0 Å². The van der Waals surface area contributed by atoms with E-state index in [9.17, 15) is 0 Å². The number of aryl methyl sites for hydroxylation is 1. The standard InChI is InChI=1S/C16H29N3/c1-4-9-17-15(16-18-10-11-19(16)3)14-8-6-7-13(5-2)12-14/h10-11,13-15,17H,4-9,12H2,1-3H3. The smallest absolute Gasteiger partial charge is 0.125 e. The number of hydrogen-bond acceptors (Lipinski definition) is 2. The molecule has 1 aliphatic rings. The van der Waals surface area contributed by atoms with E-state index < -0.39 is 0 Å². The van der Waals surface area contributed by atoms with Crippen LogP contribution in [0, 0.1) is 11.8 Å².